The maximum Gasteiger partial charge on any atom is 0.222 e. The molecule has 8 heteroatoms. The van der Waals surface area contributed by atoms with E-state index in [9.17, 15) is 4.79 Å². The highest BCUT2D eigenvalue weighted by molar-refractivity contribution is 14.0. The highest BCUT2D eigenvalue weighted by atomic mass is 127. The van der Waals surface area contributed by atoms with Crippen LogP contribution in [0.1, 0.15) is 57.1 Å². The predicted molar refractivity (Wildman–Crippen MR) is 140 cm³/mol. The molecular weight excluding hydrogens is 519 g/mol. The topological polar surface area (TPSA) is 75.2 Å². The Morgan fingerprint density at radius 2 is 1.91 bits per heavy atom. The van der Waals surface area contributed by atoms with Crippen molar-refractivity contribution in [2.24, 2.45) is 4.99 Å². The number of rotatable bonds is 13. The van der Waals surface area contributed by atoms with Gasteiger partial charge in [-0.15, -0.1) is 24.0 Å². The Labute approximate surface area is 210 Å². The Bertz CT molecular complexity index is 672. The Morgan fingerprint density at radius 1 is 1.09 bits per heavy atom. The smallest absolute Gasteiger partial charge is 0.222 e. The van der Waals surface area contributed by atoms with E-state index in [1.807, 2.05) is 17.9 Å². The lowest BCUT2D eigenvalue weighted by Crippen LogP contribution is -2.39. The fourth-order valence-electron chi connectivity index (χ4n) is 3.53. The summed E-state index contributed by atoms with van der Waals surface area (Å²) >= 11 is 0. The van der Waals surface area contributed by atoms with E-state index in [0.29, 0.717) is 38.7 Å². The zero-order valence-electron chi connectivity index (χ0n) is 19.7. The molecule has 0 spiro atoms. The molecular formula is C24H41IN4O3. The van der Waals surface area contributed by atoms with E-state index < -0.39 is 0 Å². The number of carbonyl (C=O) groups is 1. The molecule has 1 amide bonds. The number of ether oxygens (including phenoxy) is 2. The second kappa shape index (κ2) is 18.1. The molecule has 1 aliphatic heterocycles. The van der Waals surface area contributed by atoms with E-state index in [0.717, 1.165) is 75.6 Å². The van der Waals surface area contributed by atoms with Gasteiger partial charge in [-0.25, -0.2) is 4.99 Å². The van der Waals surface area contributed by atoms with E-state index >= 15 is 0 Å². The molecule has 0 atom stereocenters. The van der Waals surface area contributed by atoms with Crippen LogP contribution in [0.25, 0.3) is 0 Å². The molecule has 0 aliphatic carbocycles. The summed E-state index contributed by atoms with van der Waals surface area (Å²) in [6.45, 7) is 10.5. The standard InChI is InChI=1S/C24H40N4O3.HI/c1-3-25-24(26-13-9-15-28-14-7-5-6-12-23(28)29)27-19-21-10-8-11-22(18-21)20-31-17-16-30-4-2;/h8,10-11,18H,3-7,9,12-17,19-20H2,1-2H3,(H2,25,26,27);1H. The summed E-state index contributed by atoms with van der Waals surface area (Å²) in [5.41, 5.74) is 2.29. The summed E-state index contributed by atoms with van der Waals surface area (Å²) in [7, 11) is 0. The number of hydrogen-bond acceptors (Lipinski definition) is 4. The molecule has 7 nitrogen and oxygen atoms in total. The van der Waals surface area contributed by atoms with E-state index in [4.69, 9.17) is 14.5 Å². The summed E-state index contributed by atoms with van der Waals surface area (Å²) in [6.07, 6.45) is 4.95. The van der Waals surface area contributed by atoms with E-state index in [1.165, 1.54) is 0 Å². The van der Waals surface area contributed by atoms with Crippen molar-refractivity contribution in [3.63, 3.8) is 0 Å². The van der Waals surface area contributed by atoms with Crippen LogP contribution >= 0.6 is 24.0 Å². The van der Waals surface area contributed by atoms with Crippen LogP contribution in [0.4, 0.5) is 0 Å². The predicted octanol–water partition coefficient (Wildman–Crippen LogP) is 3.71. The molecule has 0 aromatic heterocycles. The summed E-state index contributed by atoms with van der Waals surface area (Å²) in [6, 6.07) is 8.34. The first-order valence-electron chi connectivity index (χ1n) is 11.8. The molecule has 2 rings (SSSR count). The number of nitrogens with one attached hydrogen (secondary N) is 2. The third-order valence-electron chi connectivity index (χ3n) is 5.17. The van der Waals surface area contributed by atoms with E-state index in [-0.39, 0.29) is 24.0 Å². The largest absolute Gasteiger partial charge is 0.379 e. The van der Waals surface area contributed by atoms with Crippen LogP contribution < -0.4 is 10.6 Å². The molecule has 1 aromatic rings. The van der Waals surface area contributed by atoms with Gasteiger partial charge in [0.05, 0.1) is 26.4 Å². The lowest BCUT2D eigenvalue weighted by Gasteiger charge is -2.20. The van der Waals surface area contributed by atoms with Crippen molar-refractivity contribution in [3.8, 4) is 0 Å². The Kier molecular flexibility index (Phi) is 16.2. The molecule has 32 heavy (non-hydrogen) atoms. The second-order valence-electron chi connectivity index (χ2n) is 7.74. The molecule has 0 saturated carbocycles. The van der Waals surface area contributed by atoms with Crippen molar-refractivity contribution in [3.05, 3.63) is 35.4 Å². The van der Waals surface area contributed by atoms with Gasteiger partial charge in [-0.2, -0.15) is 0 Å². The van der Waals surface area contributed by atoms with Crippen LogP contribution in [0.3, 0.4) is 0 Å². The normalized spacial score (nSPS) is 14.6. The zero-order chi connectivity index (χ0) is 22.2. The Balaban J connectivity index is 0.00000512. The maximum atomic E-state index is 12.1. The van der Waals surface area contributed by atoms with Crippen LogP contribution in [0.5, 0.6) is 0 Å². The fourth-order valence-corrected chi connectivity index (χ4v) is 3.53. The molecule has 1 fully saturated rings. The van der Waals surface area contributed by atoms with Gasteiger partial charge >= 0.3 is 0 Å². The third-order valence-corrected chi connectivity index (χ3v) is 5.17. The molecule has 2 N–H and O–H groups in total. The molecule has 1 aliphatic rings. The highest BCUT2D eigenvalue weighted by Crippen LogP contribution is 2.11. The fraction of sp³-hybridized carbons (Fsp3) is 0.667. The van der Waals surface area contributed by atoms with Gasteiger partial charge in [0.15, 0.2) is 5.96 Å². The number of benzene rings is 1. The van der Waals surface area contributed by atoms with Crippen LogP contribution in [-0.2, 0) is 27.4 Å². The summed E-state index contributed by atoms with van der Waals surface area (Å²) < 4.78 is 11.0. The number of hydrogen-bond donors (Lipinski definition) is 2. The maximum absolute atomic E-state index is 12.1. The first-order chi connectivity index (χ1) is 15.2. The molecule has 0 radical (unpaired) electrons. The van der Waals surface area contributed by atoms with Crippen molar-refractivity contribution in [1.29, 1.82) is 0 Å². The van der Waals surface area contributed by atoms with Crippen molar-refractivity contribution >= 4 is 35.8 Å². The number of nitrogens with zero attached hydrogens (tertiary/aromatic N) is 2. The Morgan fingerprint density at radius 3 is 2.72 bits per heavy atom. The van der Waals surface area contributed by atoms with Gasteiger partial charge in [0.1, 0.15) is 0 Å². The minimum Gasteiger partial charge on any atom is -0.379 e. The van der Waals surface area contributed by atoms with E-state index in [2.05, 4.69) is 35.8 Å². The lowest BCUT2D eigenvalue weighted by molar-refractivity contribution is -0.130. The number of halogens is 1. The average molecular weight is 561 g/mol. The van der Waals surface area contributed by atoms with Gasteiger partial charge in [0.25, 0.3) is 0 Å². The monoisotopic (exact) mass is 560 g/mol. The van der Waals surface area contributed by atoms with Crippen LogP contribution in [0.2, 0.25) is 0 Å². The quantitative estimate of drug-likeness (QED) is 0.167. The van der Waals surface area contributed by atoms with E-state index in [1.54, 1.807) is 0 Å². The minimum atomic E-state index is 0. The number of guanidine groups is 1. The number of likely N-dealkylation sites (tertiary alicyclic amines) is 1. The average Bonchev–Trinajstić information content (AvgIpc) is 2.99. The van der Waals surface area contributed by atoms with Crippen LogP contribution in [0.15, 0.2) is 29.3 Å². The lowest BCUT2D eigenvalue weighted by atomic mass is 10.1. The zero-order valence-corrected chi connectivity index (χ0v) is 22.1. The van der Waals surface area contributed by atoms with Gasteiger partial charge in [-0.1, -0.05) is 30.7 Å². The highest BCUT2D eigenvalue weighted by Gasteiger charge is 2.15. The Hall–Kier alpha value is -1.39. The van der Waals surface area contributed by atoms with Gasteiger partial charge in [0, 0.05) is 39.2 Å². The molecule has 1 aromatic carbocycles. The third kappa shape index (κ3) is 12.0. The summed E-state index contributed by atoms with van der Waals surface area (Å²) in [5, 5.41) is 6.69. The van der Waals surface area contributed by atoms with Crippen molar-refractivity contribution in [2.75, 3.05) is 46.0 Å². The van der Waals surface area contributed by atoms with Crippen LogP contribution in [-0.4, -0.2) is 62.8 Å². The molecule has 0 bridgehead atoms. The summed E-state index contributed by atoms with van der Waals surface area (Å²) in [5.74, 6) is 1.11. The van der Waals surface area contributed by atoms with Gasteiger partial charge < -0.3 is 25.0 Å². The number of carbonyl (C=O) groups excluding carboxylic acids is 1. The van der Waals surface area contributed by atoms with Crippen molar-refractivity contribution in [1.82, 2.24) is 15.5 Å². The van der Waals surface area contributed by atoms with Gasteiger partial charge in [-0.05, 0) is 44.2 Å². The van der Waals surface area contributed by atoms with Gasteiger partial charge in [0.2, 0.25) is 5.91 Å². The number of aliphatic imine (C=N–C) groups is 1. The van der Waals surface area contributed by atoms with Gasteiger partial charge in [-0.3, -0.25) is 4.79 Å². The molecule has 1 heterocycles. The van der Waals surface area contributed by atoms with Crippen LogP contribution in [0, 0.1) is 0 Å². The van der Waals surface area contributed by atoms with Crippen molar-refractivity contribution in [2.45, 2.75) is 59.1 Å². The first kappa shape index (κ1) is 28.6. The second-order valence-corrected chi connectivity index (χ2v) is 7.74. The number of amides is 1. The molecule has 182 valence electrons. The minimum absolute atomic E-state index is 0. The molecule has 0 unspecified atom stereocenters. The molecule has 1 saturated heterocycles. The van der Waals surface area contributed by atoms with Crippen molar-refractivity contribution < 1.29 is 14.3 Å². The SMILES string of the molecule is CCNC(=NCc1cccc(COCCOCC)c1)NCCCN1CCCCCC1=O.I. The summed E-state index contributed by atoms with van der Waals surface area (Å²) in [4.78, 5) is 18.8. The first-order valence-corrected chi connectivity index (χ1v) is 11.8.